The van der Waals surface area contributed by atoms with Gasteiger partial charge in [0, 0.05) is 12.3 Å². The number of nitrogen functional groups attached to an aromatic ring is 1. The van der Waals surface area contributed by atoms with Gasteiger partial charge in [-0.05, 0) is 12.1 Å². The summed E-state index contributed by atoms with van der Waals surface area (Å²) >= 11 is 0. The van der Waals surface area contributed by atoms with Crippen molar-refractivity contribution in [2.75, 3.05) is 5.73 Å². The van der Waals surface area contributed by atoms with E-state index >= 15 is 0 Å². The van der Waals surface area contributed by atoms with E-state index in [1.54, 1.807) is 18.2 Å². The summed E-state index contributed by atoms with van der Waals surface area (Å²) in [6.07, 6.45) is 1.47. The third-order valence-corrected chi connectivity index (χ3v) is 2.02. The number of nitrogens with two attached hydrogens (primary N) is 1. The van der Waals surface area contributed by atoms with Crippen molar-refractivity contribution in [3.8, 4) is 11.4 Å². The Morgan fingerprint density at radius 2 is 2.00 bits per heavy atom. The van der Waals surface area contributed by atoms with Crippen molar-refractivity contribution >= 4 is 11.5 Å². The van der Waals surface area contributed by atoms with E-state index in [0.717, 1.165) is 0 Å². The fourth-order valence-corrected chi connectivity index (χ4v) is 1.32. The molecule has 0 fully saturated rings. The van der Waals surface area contributed by atoms with Crippen LogP contribution in [0.25, 0.3) is 11.4 Å². The summed E-state index contributed by atoms with van der Waals surface area (Å²) in [5, 5.41) is 10.8. The van der Waals surface area contributed by atoms with Crippen LogP contribution < -0.4 is 5.73 Å². The van der Waals surface area contributed by atoms with Gasteiger partial charge in [-0.2, -0.15) is 0 Å². The monoisotopic (exact) mass is 216 g/mol. The minimum Gasteiger partial charge on any atom is -0.384 e. The quantitative estimate of drug-likeness (QED) is 0.608. The molecule has 0 spiro atoms. The maximum Gasteiger partial charge on any atom is 0.280 e. The van der Waals surface area contributed by atoms with Gasteiger partial charge in [-0.15, -0.1) is 0 Å². The number of hydrogen-bond donors (Lipinski definition) is 1. The van der Waals surface area contributed by atoms with Crippen molar-refractivity contribution in [1.29, 1.82) is 0 Å². The number of aromatic nitrogens is 2. The predicted molar refractivity (Wildman–Crippen MR) is 58.5 cm³/mol. The molecule has 2 N–H and O–H groups in total. The zero-order chi connectivity index (χ0) is 11.5. The summed E-state index contributed by atoms with van der Waals surface area (Å²) in [6.45, 7) is 0. The molecule has 80 valence electrons. The van der Waals surface area contributed by atoms with E-state index in [4.69, 9.17) is 5.73 Å². The molecule has 0 unspecified atom stereocenters. The molecular weight excluding hydrogens is 208 g/mol. The summed E-state index contributed by atoms with van der Waals surface area (Å²) in [5.74, 6) is 0.537. The Hall–Kier alpha value is -2.50. The second-order valence-corrected chi connectivity index (χ2v) is 3.08. The van der Waals surface area contributed by atoms with Crippen molar-refractivity contribution in [2.45, 2.75) is 0 Å². The fraction of sp³-hybridized carbons (Fsp3) is 0. The minimum atomic E-state index is -0.470. The van der Waals surface area contributed by atoms with Gasteiger partial charge in [-0.1, -0.05) is 12.1 Å². The average Bonchev–Trinajstić information content (AvgIpc) is 2.29. The number of nitro benzene ring substituents is 1. The first-order chi connectivity index (χ1) is 7.68. The second-order valence-electron chi connectivity index (χ2n) is 3.08. The summed E-state index contributed by atoms with van der Waals surface area (Å²) in [7, 11) is 0. The van der Waals surface area contributed by atoms with Gasteiger partial charge in [0.2, 0.25) is 0 Å². The number of benzene rings is 1. The molecule has 1 heterocycles. The van der Waals surface area contributed by atoms with Crippen LogP contribution in [0.5, 0.6) is 0 Å². The van der Waals surface area contributed by atoms with Crippen LogP contribution in [0.15, 0.2) is 36.5 Å². The van der Waals surface area contributed by atoms with Crippen LogP contribution in [0.3, 0.4) is 0 Å². The lowest BCUT2D eigenvalue weighted by Crippen LogP contribution is -1.97. The van der Waals surface area contributed by atoms with Gasteiger partial charge in [-0.3, -0.25) is 10.1 Å². The highest BCUT2D eigenvalue weighted by Gasteiger charge is 2.15. The van der Waals surface area contributed by atoms with E-state index in [0.29, 0.717) is 5.56 Å². The van der Waals surface area contributed by atoms with Crippen LogP contribution in [-0.4, -0.2) is 14.9 Å². The molecule has 1 aromatic heterocycles. The zero-order valence-electron chi connectivity index (χ0n) is 8.20. The van der Waals surface area contributed by atoms with E-state index in [-0.39, 0.29) is 17.3 Å². The number of para-hydroxylation sites is 1. The molecule has 1 aromatic carbocycles. The third kappa shape index (κ3) is 1.81. The zero-order valence-corrected chi connectivity index (χ0v) is 8.20. The Morgan fingerprint density at radius 3 is 2.69 bits per heavy atom. The molecule has 0 saturated heterocycles. The van der Waals surface area contributed by atoms with Gasteiger partial charge in [0.25, 0.3) is 5.69 Å². The molecule has 6 heteroatoms. The number of rotatable bonds is 2. The molecule has 16 heavy (non-hydrogen) atoms. The lowest BCUT2D eigenvalue weighted by Gasteiger charge is -2.01. The molecule has 0 radical (unpaired) electrons. The van der Waals surface area contributed by atoms with Gasteiger partial charge in [0.1, 0.15) is 5.82 Å². The standard InChI is InChI=1S/C10H8N4O2/c11-9-5-6-12-10(13-9)7-3-1-2-4-8(7)14(15)16/h1-6H,(H2,11,12,13). The largest absolute Gasteiger partial charge is 0.384 e. The molecule has 0 aliphatic rings. The lowest BCUT2D eigenvalue weighted by molar-refractivity contribution is -0.384. The smallest absolute Gasteiger partial charge is 0.280 e. The van der Waals surface area contributed by atoms with Crippen LogP contribution in [0.2, 0.25) is 0 Å². The summed E-state index contributed by atoms with van der Waals surface area (Å²) in [5.41, 5.74) is 5.83. The Balaban J connectivity index is 2.60. The highest BCUT2D eigenvalue weighted by Crippen LogP contribution is 2.26. The highest BCUT2D eigenvalue weighted by atomic mass is 16.6. The van der Waals surface area contributed by atoms with E-state index in [1.165, 1.54) is 18.3 Å². The van der Waals surface area contributed by atoms with Crippen LogP contribution in [-0.2, 0) is 0 Å². The van der Waals surface area contributed by atoms with E-state index in [1.807, 2.05) is 0 Å². The number of nitrogens with zero attached hydrogens (tertiary/aromatic N) is 3. The van der Waals surface area contributed by atoms with Crippen molar-refractivity contribution < 1.29 is 4.92 Å². The maximum atomic E-state index is 10.8. The molecule has 6 nitrogen and oxygen atoms in total. The number of anilines is 1. The molecule has 0 aliphatic carbocycles. The predicted octanol–water partition coefficient (Wildman–Crippen LogP) is 1.63. The van der Waals surface area contributed by atoms with Crippen LogP contribution >= 0.6 is 0 Å². The van der Waals surface area contributed by atoms with E-state index in [9.17, 15) is 10.1 Å². The lowest BCUT2D eigenvalue weighted by atomic mass is 10.1. The number of nitro groups is 1. The first kappa shape index (κ1) is 10.0. The Bertz CT molecular complexity index is 542. The third-order valence-electron chi connectivity index (χ3n) is 2.02. The molecular formula is C10H8N4O2. The van der Waals surface area contributed by atoms with Gasteiger partial charge < -0.3 is 5.73 Å². The van der Waals surface area contributed by atoms with E-state index < -0.39 is 4.92 Å². The molecule has 0 bridgehead atoms. The van der Waals surface area contributed by atoms with Gasteiger partial charge in [0.15, 0.2) is 5.82 Å². The molecule has 0 aliphatic heterocycles. The topological polar surface area (TPSA) is 94.9 Å². The molecule has 2 rings (SSSR count). The van der Waals surface area contributed by atoms with Crippen molar-refractivity contribution in [1.82, 2.24) is 9.97 Å². The van der Waals surface area contributed by atoms with Crippen molar-refractivity contribution in [3.63, 3.8) is 0 Å². The minimum absolute atomic E-state index is 0.0342. The summed E-state index contributed by atoms with van der Waals surface area (Å²) < 4.78 is 0. The summed E-state index contributed by atoms with van der Waals surface area (Å²) in [4.78, 5) is 18.2. The SMILES string of the molecule is Nc1ccnc(-c2ccccc2[N+](=O)[O-])n1. The maximum absolute atomic E-state index is 10.8. The molecule has 0 amide bonds. The van der Waals surface area contributed by atoms with Gasteiger partial charge in [-0.25, -0.2) is 9.97 Å². The Kier molecular flexibility index (Phi) is 2.47. The molecule has 2 aromatic rings. The van der Waals surface area contributed by atoms with Gasteiger partial charge >= 0.3 is 0 Å². The summed E-state index contributed by atoms with van der Waals surface area (Å²) in [6, 6.07) is 7.80. The van der Waals surface area contributed by atoms with Crippen molar-refractivity contribution in [2.24, 2.45) is 0 Å². The second kappa shape index (κ2) is 3.93. The van der Waals surface area contributed by atoms with Crippen LogP contribution in [0.4, 0.5) is 11.5 Å². The highest BCUT2D eigenvalue weighted by molar-refractivity contribution is 5.68. The first-order valence-electron chi connectivity index (χ1n) is 4.51. The van der Waals surface area contributed by atoms with Crippen molar-refractivity contribution in [3.05, 3.63) is 46.6 Å². The average molecular weight is 216 g/mol. The van der Waals surface area contributed by atoms with Gasteiger partial charge in [0.05, 0.1) is 10.5 Å². The van der Waals surface area contributed by atoms with E-state index in [2.05, 4.69) is 9.97 Å². The van der Waals surface area contributed by atoms with Crippen LogP contribution in [0, 0.1) is 10.1 Å². The molecule has 0 saturated carbocycles. The molecule has 0 atom stereocenters. The normalized spacial score (nSPS) is 10.0. The number of hydrogen-bond acceptors (Lipinski definition) is 5. The fourth-order valence-electron chi connectivity index (χ4n) is 1.32. The van der Waals surface area contributed by atoms with Crippen LogP contribution in [0.1, 0.15) is 0 Å². The first-order valence-corrected chi connectivity index (χ1v) is 4.51. The Morgan fingerprint density at radius 1 is 1.25 bits per heavy atom. The Labute approximate surface area is 90.9 Å².